The van der Waals surface area contributed by atoms with E-state index < -0.39 is 0 Å². The maximum absolute atomic E-state index is 10.2. The van der Waals surface area contributed by atoms with Gasteiger partial charge in [-0.1, -0.05) is 30.3 Å². The lowest BCUT2D eigenvalue weighted by Gasteiger charge is -2.37. The maximum atomic E-state index is 10.2. The van der Waals surface area contributed by atoms with Crippen molar-refractivity contribution in [1.29, 1.82) is 0 Å². The number of halogens is 1. The summed E-state index contributed by atoms with van der Waals surface area (Å²) in [5.74, 6) is 0. The first-order chi connectivity index (χ1) is 6.99. The van der Waals surface area contributed by atoms with E-state index in [-0.39, 0.29) is 29.1 Å². The van der Waals surface area contributed by atoms with Crippen LogP contribution in [0.2, 0.25) is 0 Å². The van der Waals surface area contributed by atoms with Crippen molar-refractivity contribution in [3.63, 3.8) is 0 Å². The molecule has 0 aromatic heterocycles. The Balaban J connectivity index is 0.00000225. The van der Waals surface area contributed by atoms with Crippen LogP contribution in [0.1, 0.15) is 25.5 Å². The molecule has 92 valence electrons. The molecule has 1 rings (SSSR count). The highest BCUT2D eigenvalue weighted by molar-refractivity contribution is 5.18. The van der Waals surface area contributed by atoms with Gasteiger partial charge in [-0.15, -0.1) is 0 Å². The fraction of sp³-hybridized carbons (Fsp3) is 0.538. The Hall–Kier alpha value is -0.380. The Kier molecular flexibility index (Phi) is 6.23. The van der Waals surface area contributed by atoms with Crippen LogP contribution in [-0.4, -0.2) is 36.3 Å². The molecule has 3 heteroatoms. The summed E-state index contributed by atoms with van der Waals surface area (Å²) in [6.07, 6.45) is -0.388. The number of nitrogens with zero attached hydrogens (tertiary/aromatic N) is 1. The molecule has 2 nitrogen and oxygen atoms in total. The molecule has 0 saturated carbocycles. The van der Waals surface area contributed by atoms with Crippen LogP contribution in [0.5, 0.6) is 0 Å². The van der Waals surface area contributed by atoms with Gasteiger partial charge in [-0.2, -0.15) is 0 Å². The molecule has 0 bridgehead atoms. The van der Waals surface area contributed by atoms with Gasteiger partial charge in [0.15, 0.2) is 0 Å². The van der Waals surface area contributed by atoms with Crippen LogP contribution in [-0.2, 0) is 0 Å². The third-order valence-electron chi connectivity index (χ3n) is 3.52. The van der Waals surface area contributed by atoms with Crippen molar-refractivity contribution in [2.75, 3.05) is 20.6 Å². The fourth-order valence-electron chi connectivity index (χ4n) is 1.60. The van der Waals surface area contributed by atoms with Crippen molar-refractivity contribution < 1.29 is 26.6 Å². The Morgan fingerprint density at radius 3 is 2.12 bits per heavy atom. The molecule has 16 heavy (non-hydrogen) atoms. The summed E-state index contributed by atoms with van der Waals surface area (Å²) in [6.45, 7) is 5.26. The second kappa shape index (κ2) is 6.38. The lowest BCUT2D eigenvalue weighted by atomic mass is 10.0. The van der Waals surface area contributed by atoms with E-state index in [4.69, 9.17) is 0 Å². The molecule has 1 aromatic rings. The third-order valence-corrected chi connectivity index (χ3v) is 3.52. The van der Waals surface area contributed by atoms with Crippen LogP contribution in [0.15, 0.2) is 30.3 Å². The van der Waals surface area contributed by atoms with Crippen molar-refractivity contribution in [2.45, 2.75) is 26.0 Å². The minimum Gasteiger partial charge on any atom is -1.00 e. The zero-order valence-corrected chi connectivity index (χ0v) is 12.1. The predicted molar refractivity (Wildman–Crippen MR) is 63.5 cm³/mol. The SMILES string of the molecule is CC[N+](C)(C)C(C)C(O)c1ccccc1.[Br-]. The summed E-state index contributed by atoms with van der Waals surface area (Å²) < 4.78 is 0.829. The number of rotatable bonds is 4. The molecule has 2 unspecified atom stereocenters. The number of aliphatic hydroxyl groups is 1. The van der Waals surface area contributed by atoms with Crippen LogP contribution in [0.4, 0.5) is 0 Å². The first-order valence-electron chi connectivity index (χ1n) is 5.54. The number of hydrogen-bond donors (Lipinski definition) is 1. The predicted octanol–water partition coefficient (Wildman–Crippen LogP) is -0.791. The van der Waals surface area contributed by atoms with Crippen LogP contribution < -0.4 is 17.0 Å². The van der Waals surface area contributed by atoms with E-state index in [2.05, 4.69) is 27.9 Å². The Labute approximate surface area is 109 Å². The average molecular weight is 288 g/mol. The molecule has 1 N–H and O–H groups in total. The molecule has 0 aliphatic rings. The van der Waals surface area contributed by atoms with Gasteiger partial charge in [0.2, 0.25) is 0 Å². The van der Waals surface area contributed by atoms with E-state index in [0.29, 0.717) is 0 Å². The van der Waals surface area contributed by atoms with Crippen LogP contribution >= 0.6 is 0 Å². The molecule has 0 aliphatic heterocycles. The number of benzene rings is 1. The zero-order chi connectivity index (χ0) is 11.5. The van der Waals surface area contributed by atoms with Crippen LogP contribution in [0.25, 0.3) is 0 Å². The number of likely N-dealkylation sites (N-methyl/N-ethyl adjacent to an activating group) is 1. The van der Waals surface area contributed by atoms with Gasteiger partial charge in [-0.05, 0) is 19.4 Å². The van der Waals surface area contributed by atoms with Gasteiger partial charge in [0, 0.05) is 0 Å². The topological polar surface area (TPSA) is 20.2 Å². The molecule has 0 radical (unpaired) electrons. The Bertz CT molecular complexity index is 300. The highest BCUT2D eigenvalue weighted by Crippen LogP contribution is 2.23. The molecule has 0 aliphatic carbocycles. The van der Waals surface area contributed by atoms with Crippen molar-refractivity contribution >= 4 is 0 Å². The van der Waals surface area contributed by atoms with E-state index in [0.717, 1.165) is 16.6 Å². The van der Waals surface area contributed by atoms with Crippen LogP contribution in [0.3, 0.4) is 0 Å². The minimum atomic E-state index is -0.388. The van der Waals surface area contributed by atoms with E-state index in [1.165, 1.54) is 0 Å². The van der Waals surface area contributed by atoms with Crippen molar-refractivity contribution in [2.24, 2.45) is 0 Å². The summed E-state index contributed by atoms with van der Waals surface area (Å²) in [5, 5.41) is 10.2. The van der Waals surface area contributed by atoms with E-state index >= 15 is 0 Å². The van der Waals surface area contributed by atoms with Gasteiger partial charge in [-0.3, -0.25) is 0 Å². The quantitative estimate of drug-likeness (QED) is 0.720. The van der Waals surface area contributed by atoms with Crippen LogP contribution in [0, 0.1) is 0 Å². The summed E-state index contributed by atoms with van der Waals surface area (Å²) in [4.78, 5) is 0. The van der Waals surface area contributed by atoms with Crippen molar-refractivity contribution in [3.8, 4) is 0 Å². The number of hydrogen-bond acceptors (Lipinski definition) is 1. The smallest absolute Gasteiger partial charge is 0.130 e. The molecular weight excluding hydrogens is 266 g/mol. The second-order valence-corrected chi connectivity index (χ2v) is 4.69. The minimum absolute atomic E-state index is 0. The summed E-state index contributed by atoms with van der Waals surface area (Å²) in [6, 6.07) is 10.1. The van der Waals surface area contributed by atoms with Crippen molar-refractivity contribution in [3.05, 3.63) is 35.9 Å². The normalized spacial score (nSPS) is 15.1. The molecule has 1 aromatic carbocycles. The van der Waals surface area contributed by atoms with Gasteiger partial charge < -0.3 is 26.6 Å². The van der Waals surface area contributed by atoms with E-state index in [1.54, 1.807) is 0 Å². The standard InChI is InChI=1S/C13H22NO.BrH/c1-5-14(3,4)11(2)13(15)12-9-7-6-8-10-12;/h6-11,13,15H,5H2,1-4H3;1H/q+1;/p-1. The molecule has 2 atom stereocenters. The lowest BCUT2D eigenvalue weighted by Crippen LogP contribution is -3.00. The summed E-state index contributed by atoms with van der Waals surface area (Å²) >= 11 is 0. The molecule has 0 heterocycles. The van der Waals surface area contributed by atoms with Gasteiger partial charge in [-0.25, -0.2) is 0 Å². The summed E-state index contributed by atoms with van der Waals surface area (Å²) in [5.41, 5.74) is 1.00. The molecule has 0 fully saturated rings. The van der Waals surface area contributed by atoms with E-state index in [1.807, 2.05) is 30.3 Å². The molecule has 0 amide bonds. The van der Waals surface area contributed by atoms with E-state index in [9.17, 15) is 5.11 Å². The highest BCUT2D eigenvalue weighted by atomic mass is 79.9. The molecular formula is C13H22BrNO. The first kappa shape index (κ1) is 15.6. The Morgan fingerprint density at radius 1 is 1.19 bits per heavy atom. The third kappa shape index (κ3) is 3.58. The number of quaternary nitrogens is 1. The monoisotopic (exact) mass is 287 g/mol. The average Bonchev–Trinajstić information content (AvgIpc) is 2.28. The maximum Gasteiger partial charge on any atom is 0.130 e. The van der Waals surface area contributed by atoms with Gasteiger partial charge in [0.05, 0.1) is 20.6 Å². The zero-order valence-electron chi connectivity index (χ0n) is 10.5. The van der Waals surface area contributed by atoms with Gasteiger partial charge >= 0.3 is 0 Å². The Morgan fingerprint density at radius 2 is 1.69 bits per heavy atom. The molecule has 0 saturated heterocycles. The number of aliphatic hydroxyl groups excluding tert-OH is 1. The van der Waals surface area contributed by atoms with Crippen molar-refractivity contribution in [1.82, 2.24) is 0 Å². The fourth-order valence-corrected chi connectivity index (χ4v) is 1.60. The lowest BCUT2D eigenvalue weighted by molar-refractivity contribution is -0.915. The highest BCUT2D eigenvalue weighted by Gasteiger charge is 2.29. The first-order valence-corrected chi connectivity index (χ1v) is 5.54. The second-order valence-electron chi connectivity index (χ2n) is 4.69. The van der Waals surface area contributed by atoms with Gasteiger partial charge in [0.25, 0.3) is 0 Å². The largest absolute Gasteiger partial charge is 1.00 e. The summed E-state index contributed by atoms with van der Waals surface area (Å²) in [7, 11) is 4.30. The molecule has 0 spiro atoms. The van der Waals surface area contributed by atoms with Gasteiger partial charge in [0.1, 0.15) is 12.1 Å².